The van der Waals surface area contributed by atoms with Gasteiger partial charge in [-0.15, -0.1) is 0 Å². The van der Waals surface area contributed by atoms with E-state index in [1.165, 1.54) is 11.1 Å². The molecule has 0 saturated heterocycles. The fourth-order valence-electron chi connectivity index (χ4n) is 2.02. The lowest BCUT2D eigenvalue weighted by Crippen LogP contribution is -2.04. The standard InChI is InChI=1S/C14H16O2/c1-10-3-8-13(14(9-10)16-2)11-4-6-12(15)7-5-11/h3-4,8-9H,5-7H2,1-2H3. The molecule has 0 radical (unpaired) electrons. The van der Waals surface area contributed by atoms with Gasteiger partial charge in [0.15, 0.2) is 0 Å². The second-order valence-corrected chi connectivity index (χ2v) is 4.18. The topological polar surface area (TPSA) is 26.3 Å². The van der Waals surface area contributed by atoms with Crippen LogP contribution in [0.15, 0.2) is 24.3 Å². The summed E-state index contributed by atoms with van der Waals surface area (Å²) in [5.41, 5.74) is 3.55. The number of aryl methyl sites for hydroxylation is 1. The minimum absolute atomic E-state index is 0.329. The molecule has 0 bridgehead atoms. The Morgan fingerprint density at radius 1 is 1.25 bits per heavy atom. The van der Waals surface area contributed by atoms with E-state index in [1.807, 2.05) is 19.1 Å². The molecule has 0 fully saturated rings. The largest absolute Gasteiger partial charge is 0.496 e. The summed E-state index contributed by atoms with van der Waals surface area (Å²) in [7, 11) is 1.69. The normalized spacial score (nSPS) is 15.9. The van der Waals surface area contributed by atoms with Gasteiger partial charge in [-0.1, -0.05) is 18.2 Å². The third-order valence-electron chi connectivity index (χ3n) is 2.95. The van der Waals surface area contributed by atoms with Gasteiger partial charge < -0.3 is 4.74 Å². The Balaban J connectivity index is 2.36. The Morgan fingerprint density at radius 3 is 2.69 bits per heavy atom. The number of carbonyl (C=O) groups excluding carboxylic acids is 1. The number of hydrogen-bond donors (Lipinski definition) is 0. The summed E-state index contributed by atoms with van der Waals surface area (Å²) in [5.74, 6) is 1.23. The van der Waals surface area contributed by atoms with Crippen LogP contribution < -0.4 is 4.74 Å². The van der Waals surface area contributed by atoms with E-state index >= 15 is 0 Å². The zero-order valence-electron chi connectivity index (χ0n) is 9.75. The van der Waals surface area contributed by atoms with Gasteiger partial charge in [-0.25, -0.2) is 0 Å². The monoisotopic (exact) mass is 216 g/mol. The average molecular weight is 216 g/mol. The zero-order valence-corrected chi connectivity index (χ0v) is 9.75. The lowest BCUT2D eigenvalue weighted by atomic mass is 9.92. The predicted molar refractivity (Wildman–Crippen MR) is 64.6 cm³/mol. The molecule has 0 amide bonds. The van der Waals surface area contributed by atoms with Crippen molar-refractivity contribution in [3.05, 3.63) is 35.4 Å². The maximum absolute atomic E-state index is 11.2. The predicted octanol–water partition coefficient (Wildman–Crippen LogP) is 3.14. The number of ketones is 1. The molecule has 1 aliphatic rings. The van der Waals surface area contributed by atoms with Crippen molar-refractivity contribution < 1.29 is 9.53 Å². The van der Waals surface area contributed by atoms with Gasteiger partial charge in [0.1, 0.15) is 11.5 Å². The van der Waals surface area contributed by atoms with Crippen LogP contribution in [0.2, 0.25) is 0 Å². The van der Waals surface area contributed by atoms with Crippen LogP contribution in [0.1, 0.15) is 30.4 Å². The smallest absolute Gasteiger partial charge is 0.137 e. The van der Waals surface area contributed by atoms with E-state index in [0.717, 1.165) is 17.7 Å². The van der Waals surface area contributed by atoms with Gasteiger partial charge in [0.25, 0.3) is 0 Å². The van der Waals surface area contributed by atoms with Gasteiger partial charge in [-0.05, 0) is 30.5 Å². The van der Waals surface area contributed by atoms with Crippen molar-refractivity contribution >= 4 is 11.4 Å². The first-order chi connectivity index (χ1) is 7.70. The molecule has 2 rings (SSSR count). The van der Waals surface area contributed by atoms with Gasteiger partial charge in [0.05, 0.1) is 7.11 Å². The minimum Gasteiger partial charge on any atom is -0.496 e. The van der Waals surface area contributed by atoms with E-state index in [2.05, 4.69) is 12.1 Å². The van der Waals surface area contributed by atoms with E-state index in [0.29, 0.717) is 18.6 Å². The summed E-state index contributed by atoms with van der Waals surface area (Å²) in [6.45, 7) is 2.05. The fraction of sp³-hybridized carbons (Fsp3) is 0.357. The summed E-state index contributed by atoms with van der Waals surface area (Å²) >= 11 is 0. The molecule has 0 aromatic heterocycles. The maximum atomic E-state index is 11.2. The van der Waals surface area contributed by atoms with Crippen LogP contribution in [0.25, 0.3) is 5.57 Å². The molecule has 16 heavy (non-hydrogen) atoms. The van der Waals surface area contributed by atoms with Gasteiger partial charge in [0.2, 0.25) is 0 Å². The number of benzene rings is 1. The lowest BCUT2D eigenvalue weighted by molar-refractivity contribution is -0.118. The molecular weight excluding hydrogens is 200 g/mol. The van der Waals surface area contributed by atoms with Crippen molar-refractivity contribution in [2.75, 3.05) is 7.11 Å². The number of hydrogen-bond acceptors (Lipinski definition) is 2. The highest BCUT2D eigenvalue weighted by Crippen LogP contribution is 2.32. The minimum atomic E-state index is 0.329. The van der Waals surface area contributed by atoms with Crippen molar-refractivity contribution in [3.63, 3.8) is 0 Å². The molecule has 0 unspecified atom stereocenters. The van der Waals surface area contributed by atoms with Gasteiger partial charge in [0, 0.05) is 18.4 Å². The quantitative estimate of drug-likeness (QED) is 0.759. The van der Waals surface area contributed by atoms with Crippen LogP contribution in [0.3, 0.4) is 0 Å². The molecular formula is C14H16O2. The third kappa shape index (κ3) is 2.16. The van der Waals surface area contributed by atoms with Crippen LogP contribution in [0.5, 0.6) is 5.75 Å². The van der Waals surface area contributed by atoms with E-state index in [9.17, 15) is 4.79 Å². The van der Waals surface area contributed by atoms with Crippen molar-refractivity contribution in [2.24, 2.45) is 0 Å². The number of carbonyl (C=O) groups is 1. The van der Waals surface area contributed by atoms with Crippen LogP contribution in [0.4, 0.5) is 0 Å². The molecule has 0 heterocycles. The highest BCUT2D eigenvalue weighted by atomic mass is 16.5. The van der Waals surface area contributed by atoms with Crippen molar-refractivity contribution in [2.45, 2.75) is 26.2 Å². The molecule has 0 N–H and O–H groups in total. The maximum Gasteiger partial charge on any atom is 0.137 e. The number of ether oxygens (including phenoxy) is 1. The number of rotatable bonds is 2. The molecule has 1 aromatic rings. The molecule has 0 spiro atoms. The SMILES string of the molecule is COc1cc(C)ccc1C1=CCC(=O)CC1. The Labute approximate surface area is 95.9 Å². The van der Waals surface area contributed by atoms with E-state index in [4.69, 9.17) is 4.74 Å². The molecule has 2 nitrogen and oxygen atoms in total. The second kappa shape index (κ2) is 4.52. The zero-order chi connectivity index (χ0) is 11.5. The molecule has 1 aromatic carbocycles. The van der Waals surface area contributed by atoms with Gasteiger partial charge in [-0.2, -0.15) is 0 Å². The highest BCUT2D eigenvalue weighted by Gasteiger charge is 2.14. The Bertz CT molecular complexity index is 444. The average Bonchev–Trinajstić information content (AvgIpc) is 2.30. The first-order valence-electron chi connectivity index (χ1n) is 5.56. The Morgan fingerprint density at radius 2 is 2.06 bits per heavy atom. The molecule has 2 heteroatoms. The van der Waals surface area contributed by atoms with E-state index in [-0.39, 0.29) is 0 Å². The van der Waals surface area contributed by atoms with Gasteiger partial charge in [-0.3, -0.25) is 4.79 Å². The summed E-state index contributed by atoms with van der Waals surface area (Å²) < 4.78 is 5.38. The van der Waals surface area contributed by atoms with Crippen molar-refractivity contribution in [1.82, 2.24) is 0 Å². The Hall–Kier alpha value is -1.57. The van der Waals surface area contributed by atoms with E-state index in [1.54, 1.807) is 7.11 Å². The molecule has 0 atom stereocenters. The second-order valence-electron chi connectivity index (χ2n) is 4.18. The molecule has 0 saturated carbocycles. The molecule has 84 valence electrons. The van der Waals surface area contributed by atoms with Gasteiger partial charge >= 0.3 is 0 Å². The van der Waals surface area contributed by atoms with Crippen LogP contribution in [0, 0.1) is 6.92 Å². The van der Waals surface area contributed by atoms with Crippen LogP contribution in [-0.2, 0) is 4.79 Å². The number of Topliss-reactive ketones (excluding diaryl/α,β-unsaturated/α-hetero) is 1. The Kier molecular flexibility index (Phi) is 3.09. The highest BCUT2D eigenvalue weighted by molar-refractivity contribution is 5.87. The third-order valence-corrected chi connectivity index (χ3v) is 2.95. The molecule has 1 aliphatic carbocycles. The first kappa shape index (κ1) is 10.9. The summed E-state index contributed by atoms with van der Waals surface area (Å²) in [5, 5.41) is 0. The van der Waals surface area contributed by atoms with Crippen LogP contribution >= 0.6 is 0 Å². The molecule has 0 aliphatic heterocycles. The lowest BCUT2D eigenvalue weighted by Gasteiger charge is -2.15. The number of methoxy groups -OCH3 is 1. The first-order valence-corrected chi connectivity index (χ1v) is 5.56. The summed E-state index contributed by atoms with van der Waals surface area (Å²) in [4.78, 5) is 11.2. The summed E-state index contributed by atoms with van der Waals surface area (Å²) in [6, 6.07) is 6.19. The van der Waals surface area contributed by atoms with Crippen LogP contribution in [-0.4, -0.2) is 12.9 Å². The number of allylic oxidation sites excluding steroid dienone is 2. The van der Waals surface area contributed by atoms with E-state index < -0.39 is 0 Å². The van der Waals surface area contributed by atoms with Crippen molar-refractivity contribution in [3.8, 4) is 5.75 Å². The van der Waals surface area contributed by atoms with Crippen molar-refractivity contribution in [1.29, 1.82) is 0 Å². The summed E-state index contributed by atoms with van der Waals surface area (Å²) in [6.07, 6.45) is 4.08. The fourth-order valence-corrected chi connectivity index (χ4v) is 2.02.